The molecule has 2 aromatic carbocycles. The first kappa shape index (κ1) is 37.0. The Morgan fingerprint density at radius 1 is 0.571 bits per heavy atom. The summed E-state index contributed by atoms with van der Waals surface area (Å²) >= 11 is 0. The second-order valence-corrected chi connectivity index (χ2v) is 24.2. The highest BCUT2D eigenvalue weighted by atomic mass is 28.4. The van der Waals surface area contributed by atoms with E-state index < -0.39 is 16.6 Å². The third-order valence-electron chi connectivity index (χ3n) is 9.58. The maximum absolute atomic E-state index is 7.65. The summed E-state index contributed by atoms with van der Waals surface area (Å²) in [4.78, 5) is 0. The van der Waals surface area contributed by atoms with Gasteiger partial charge in [-0.1, -0.05) is 173 Å². The van der Waals surface area contributed by atoms with Crippen LogP contribution in [-0.2, 0) is 8.85 Å². The molecule has 0 bridgehead atoms. The minimum atomic E-state index is -2.57. The number of hydrogen-bond acceptors (Lipinski definition) is 2. The lowest BCUT2D eigenvalue weighted by Crippen LogP contribution is -2.67. The third kappa shape index (κ3) is 11.4. The van der Waals surface area contributed by atoms with E-state index in [1.165, 1.54) is 74.6 Å². The van der Waals surface area contributed by atoms with Crippen LogP contribution in [0, 0.1) is 0 Å². The van der Waals surface area contributed by atoms with Gasteiger partial charge in [-0.05, 0) is 52.8 Å². The van der Waals surface area contributed by atoms with Crippen molar-refractivity contribution in [2.75, 3.05) is 6.61 Å². The minimum absolute atomic E-state index is 0.00335. The lowest BCUT2D eigenvalue weighted by atomic mass is 10.0. The van der Waals surface area contributed by atoms with Crippen molar-refractivity contribution in [2.24, 2.45) is 0 Å². The second-order valence-electron chi connectivity index (χ2n) is 15.1. The van der Waals surface area contributed by atoms with Gasteiger partial charge < -0.3 is 8.85 Å². The van der Waals surface area contributed by atoms with Crippen LogP contribution in [0.5, 0.6) is 0 Å². The van der Waals surface area contributed by atoms with Gasteiger partial charge in [0.2, 0.25) is 0 Å². The molecule has 0 aliphatic carbocycles. The predicted molar refractivity (Wildman–Crippen MR) is 191 cm³/mol. The first-order chi connectivity index (χ1) is 19.8. The monoisotopic (exact) mass is 610 g/mol. The zero-order chi connectivity index (χ0) is 31.1. The van der Waals surface area contributed by atoms with E-state index in [2.05, 4.69) is 122 Å². The van der Waals surface area contributed by atoms with E-state index in [0.717, 1.165) is 25.9 Å². The summed E-state index contributed by atoms with van der Waals surface area (Å²) in [7, 11) is -4.31. The molecule has 0 spiro atoms. The van der Waals surface area contributed by atoms with Gasteiger partial charge in [-0.15, -0.1) is 0 Å². The molecule has 42 heavy (non-hydrogen) atoms. The van der Waals surface area contributed by atoms with Crippen LogP contribution in [-0.4, -0.2) is 29.3 Å². The zero-order valence-corrected chi connectivity index (χ0v) is 31.1. The van der Waals surface area contributed by atoms with Gasteiger partial charge in [-0.25, -0.2) is 0 Å². The van der Waals surface area contributed by atoms with Gasteiger partial charge >= 0.3 is 0 Å². The Hall–Kier alpha value is -1.21. The topological polar surface area (TPSA) is 18.5 Å². The maximum atomic E-state index is 7.65. The third-order valence-corrected chi connectivity index (χ3v) is 19.2. The Kier molecular flexibility index (Phi) is 15.8. The van der Waals surface area contributed by atoms with Crippen molar-refractivity contribution in [3.05, 3.63) is 60.7 Å². The molecule has 4 heteroatoms. The van der Waals surface area contributed by atoms with Crippen molar-refractivity contribution in [3.63, 3.8) is 0 Å². The van der Waals surface area contributed by atoms with Gasteiger partial charge in [-0.2, -0.15) is 0 Å². The van der Waals surface area contributed by atoms with E-state index in [1.807, 2.05) is 0 Å². The predicted octanol–water partition coefficient (Wildman–Crippen LogP) is 11.0. The van der Waals surface area contributed by atoms with Crippen molar-refractivity contribution in [2.45, 2.75) is 161 Å². The molecule has 0 saturated carbocycles. The van der Waals surface area contributed by atoms with E-state index in [-0.39, 0.29) is 16.2 Å². The molecule has 2 nitrogen and oxygen atoms in total. The molecule has 0 aliphatic heterocycles. The summed E-state index contributed by atoms with van der Waals surface area (Å²) in [5.74, 6) is 0. The van der Waals surface area contributed by atoms with Crippen LogP contribution in [0.2, 0.25) is 23.2 Å². The minimum Gasteiger partial charge on any atom is -0.417 e. The van der Waals surface area contributed by atoms with Crippen molar-refractivity contribution in [3.8, 4) is 0 Å². The second kappa shape index (κ2) is 17.9. The Labute approximate surface area is 263 Å². The molecule has 0 saturated heterocycles. The summed E-state index contributed by atoms with van der Waals surface area (Å²) < 4.78 is 14.3. The standard InChI is InChI=1S/C38H66O2Si2/c1-10-11-12-13-14-15-16-17-18-21-27-34(28-26-33-39-41(8,9)37(2,3)4)40-42(38(5,6)7,35-29-22-19-23-30-35)36-31-24-20-25-32-36/h19-20,22-25,29-32,34H,10-18,21,26-28,33H2,1-9H3. The highest BCUT2D eigenvalue weighted by Gasteiger charge is 2.51. The van der Waals surface area contributed by atoms with Crippen LogP contribution >= 0.6 is 0 Å². The lowest BCUT2D eigenvalue weighted by molar-refractivity contribution is 0.150. The number of hydrogen-bond donors (Lipinski definition) is 0. The van der Waals surface area contributed by atoms with Gasteiger partial charge in [0.15, 0.2) is 8.32 Å². The molecule has 0 radical (unpaired) electrons. The highest BCUT2D eigenvalue weighted by molar-refractivity contribution is 6.99. The summed E-state index contributed by atoms with van der Waals surface area (Å²) in [5, 5.41) is 3.01. The van der Waals surface area contributed by atoms with E-state index in [9.17, 15) is 0 Å². The summed E-state index contributed by atoms with van der Waals surface area (Å²) in [6, 6.07) is 22.3. The Balaban J connectivity index is 2.18. The van der Waals surface area contributed by atoms with Crippen molar-refractivity contribution in [1.29, 1.82) is 0 Å². The molecule has 0 aliphatic rings. The van der Waals surface area contributed by atoms with E-state index in [1.54, 1.807) is 0 Å². The largest absolute Gasteiger partial charge is 0.417 e. The fourth-order valence-corrected chi connectivity index (χ4v) is 11.8. The summed E-state index contributed by atoms with van der Waals surface area (Å²) in [6.07, 6.45) is 17.2. The van der Waals surface area contributed by atoms with Crippen LogP contribution in [0.1, 0.15) is 132 Å². The number of benzene rings is 2. The van der Waals surface area contributed by atoms with Crippen LogP contribution < -0.4 is 10.4 Å². The molecular formula is C38H66O2Si2. The molecule has 1 unspecified atom stereocenters. The molecule has 238 valence electrons. The molecule has 0 heterocycles. The van der Waals surface area contributed by atoms with Crippen LogP contribution in [0.15, 0.2) is 60.7 Å². The van der Waals surface area contributed by atoms with Crippen molar-refractivity contribution < 1.29 is 8.85 Å². The zero-order valence-electron chi connectivity index (χ0n) is 29.1. The molecule has 0 aromatic heterocycles. The smallest absolute Gasteiger partial charge is 0.261 e. The van der Waals surface area contributed by atoms with E-state index >= 15 is 0 Å². The molecule has 0 N–H and O–H groups in total. The van der Waals surface area contributed by atoms with E-state index in [0.29, 0.717) is 0 Å². The number of rotatable bonds is 20. The molecule has 2 rings (SSSR count). The first-order valence-electron chi connectivity index (χ1n) is 17.3. The van der Waals surface area contributed by atoms with Crippen LogP contribution in [0.3, 0.4) is 0 Å². The fraction of sp³-hybridized carbons (Fsp3) is 0.684. The molecule has 0 amide bonds. The van der Waals surface area contributed by atoms with Crippen LogP contribution in [0.4, 0.5) is 0 Å². The Morgan fingerprint density at radius 2 is 1.00 bits per heavy atom. The molecule has 2 aromatic rings. The molecule has 1 atom stereocenters. The van der Waals surface area contributed by atoms with Gasteiger partial charge in [0.05, 0.1) is 0 Å². The van der Waals surface area contributed by atoms with Gasteiger partial charge in [-0.3, -0.25) is 0 Å². The molecular weight excluding hydrogens is 545 g/mol. The average Bonchev–Trinajstić information content (AvgIpc) is 2.94. The van der Waals surface area contributed by atoms with Gasteiger partial charge in [0.1, 0.15) is 0 Å². The fourth-order valence-electron chi connectivity index (χ4n) is 5.92. The summed E-state index contributed by atoms with van der Waals surface area (Å²) in [5.41, 5.74) is 0. The van der Waals surface area contributed by atoms with Crippen molar-refractivity contribution >= 4 is 27.0 Å². The van der Waals surface area contributed by atoms with Crippen molar-refractivity contribution in [1.82, 2.24) is 0 Å². The first-order valence-corrected chi connectivity index (χ1v) is 22.1. The SMILES string of the molecule is CCCCCCCCCCCCC(CCCO[Si](C)(C)C(C)(C)C)O[Si](c1ccccc1)(c1ccccc1)C(C)(C)C. The van der Waals surface area contributed by atoms with E-state index in [4.69, 9.17) is 8.85 Å². The molecule has 0 fully saturated rings. The van der Waals surface area contributed by atoms with Gasteiger partial charge in [0.25, 0.3) is 8.32 Å². The number of unbranched alkanes of at least 4 members (excludes halogenated alkanes) is 9. The average molecular weight is 611 g/mol. The summed E-state index contributed by atoms with van der Waals surface area (Å²) in [6.45, 7) is 22.1. The normalized spacial score (nSPS) is 13.8. The highest BCUT2D eigenvalue weighted by Crippen LogP contribution is 2.39. The van der Waals surface area contributed by atoms with Crippen LogP contribution in [0.25, 0.3) is 0 Å². The lowest BCUT2D eigenvalue weighted by Gasteiger charge is -2.45. The Morgan fingerprint density at radius 3 is 1.43 bits per heavy atom. The van der Waals surface area contributed by atoms with Gasteiger partial charge in [0, 0.05) is 12.7 Å². The quantitative estimate of drug-likeness (QED) is 0.110. The maximum Gasteiger partial charge on any atom is 0.261 e. The Bertz CT molecular complexity index is 921.